The van der Waals surface area contributed by atoms with Gasteiger partial charge in [0.15, 0.2) is 0 Å². The number of benzene rings is 2. The maximum atomic E-state index is 12.3. The number of likely N-dealkylation sites (tertiary alicyclic amines) is 1. The second kappa shape index (κ2) is 8.26. The van der Waals surface area contributed by atoms with Crippen LogP contribution in [0.3, 0.4) is 0 Å². The van der Waals surface area contributed by atoms with Gasteiger partial charge in [-0.3, -0.25) is 4.79 Å². The summed E-state index contributed by atoms with van der Waals surface area (Å²) in [7, 11) is 0. The second-order valence-corrected chi connectivity index (χ2v) is 8.25. The first kappa shape index (κ1) is 18.2. The molecule has 1 amide bonds. The summed E-state index contributed by atoms with van der Waals surface area (Å²) in [6.07, 6.45) is 6.32. The Balaban J connectivity index is 1.23. The fourth-order valence-corrected chi connectivity index (χ4v) is 4.79. The Morgan fingerprint density at radius 2 is 1.63 bits per heavy atom. The van der Waals surface area contributed by atoms with Crippen LogP contribution in [0.1, 0.15) is 41.6 Å². The van der Waals surface area contributed by atoms with Crippen molar-refractivity contribution >= 4 is 5.91 Å². The van der Waals surface area contributed by atoms with Gasteiger partial charge in [-0.05, 0) is 74.2 Å². The fourth-order valence-electron chi connectivity index (χ4n) is 4.79. The molecule has 2 aliphatic rings. The van der Waals surface area contributed by atoms with Crippen LogP contribution in [0.5, 0.6) is 0 Å². The number of rotatable bonds is 6. The van der Waals surface area contributed by atoms with E-state index in [9.17, 15) is 4.79 Å². The maximum absolute atomic E-state index is 12.3. The predicted octanol–water partition coefficient (Wildman–Crippen LogP) is 4.15. The molecule has 3 nitrogen and oxygen atoms in total. The smallest absolute Gasteiger partial charge is 0.251 e. The van der Waals surface area contributed by atoms with Crippen molar-refractivity contribution < 1.29 is 4.79 Å². The largest absolute Gasteiger partial charge is 0.352 e. The summed E-state index contributed by atoms with van der Waals surface area (Å²) >= 11 is 0. The number of hydrogen-bond donors (Lipinski definition) is 1. The highest BCUT2D eigenvalue weighted by Crippen LogP contribution is 2.53. The number of piperidine rings is 1. The lowest BCUT2D eigenvalue weighted by Gasteiger charge is -2.54. The summed E-state index contributed by atoms with van der Waals surface area (Å²) < 4.78 is 0. The number of nitrogens with zero attached hydrogens (tertiary/aromatic N) is 1. The first-order valence-corrected chi connectivity index (χ1v) is 10.3. The van der Waals surface area contributed by atoms with Crippen LogP contribution in [0.2, 0.25) is 0 Å². The van der Waals surface area contributed by atoms with Crippen LogP contribution in [0.4, 0.5) is 0 Å². The third kappa shape index (κ3) is 4.24. The Bertz CT molecular complexity index is 735. The molecule has 1 unspecified atom stereocenters. The van der Waals surface area contributed by atoms with Gasteiger partial charge in [0.25, 0.3) is 5.91 Å². The van der Waals surface area contributed by atoms with E-state index in [0.717, 1.165) is 25.1 Å². The summed E-state index contributed by atoms with van der Waals surface area (Å²) in [5.41, 5.74) is 2.68. The topological polar surface area (TPSA) is 32.3 Å². The standard InChI is InChI=1S/C24H30N2O/c27-23(21-9-5-2-6-10-21)25-19-22-11-13-24(22)14-17-26(18-15-24)16-12-20-7-3-1-4-8-20/h1-10,22H,11-19H2,(H,25,27). The molecule has 1 aliphatic heterocycles. The first-order chi connectivity index (χ1) is 13.3. The van der Waals surface area contributed by atoms with Crippen molar-refractivity contribution in [2.45, 2.75) is 32.1 Å². The van der Waals surface area contributed by atoms with Crippen molar-refractivity contribution in [2.75, 3.05) is 26.2 Å². The molecule has 2 aromatic carbocycles. The Hall–Kier alpha value is -2.13. The van der Waals surface area contributed by atoms with Crippen molar-refractivity contribution in [3.05, 3.63) is 71.8 Å². The molecule has 142 valence electrons. The van der Waals surface area contributed by atoms with Crippen molar-refractivity contribution in [1.82, 2.24) is 10.2 Å². The summed E-state index contributed by atoms with van der Waals surface area (Å²) in [6, 6.07) is 20.4. The molecular formula is C24H30N2O. The molecule has 1 heterocycles. The lowest BCUT2D eigenvalue weighted by Crippen LogP contribution is -2.52. The van der Waals surface area contributed by atoms with E-state index in [1.165, 1.54) is 44.3 Å². The third-order valence-electron chi connectivity index (χ3n) is 6.81. The molecule has 0 radical (unpaired) electrons. The van der Waals surface area contributed by atoms with E-state index in [-0.39, 0.29) is 5.91 Å². The molecule has 0 bridgehead atoms. The Morgan fingerprint density at radius 1 is 0.963 bits per heavy atom. The Morgan fingerprint density at radius 3 is 2.26 bits per heavy atom. The molecule has 3 heteroatoms. The zero-order valence-electron chi connectivity index (χ0n) is 16.1. The summed E-state index contributed by atoms with van der Waals surface area (Å²) in [5.74, 6) is 0.722. The average molecular weight is 363 g/mol. The SMILES string of the molecule is O=C(NCC1CCC12CCN(CCc1ccccc1)CC2)c1ccccc1. The van der Waals surface area contributed by atoms with Gasteiger partial charge in [-0.25, -0.2) is 0 Å². The lowest BCUT2D eigenvalue weighted by atomic mass is 9.55. The highest BCUT2D eigenvalue weighted by molar-refractivity contribution is 5.94. The highest BCUT2D eigenvalue weighted by Gasteiger charge is 2.47. The van der Waals surface area contributed by atoms with Gasteiger partial charge in [0.05, 0.1) is 0 Å². The normalized spacial score (nSPS) is 21.6. The van der Waals surface area contributed by atoms with E-state index in [4.69, 9.17) is 0 Å². The maximum Gasteiger partial charge on any atom is 0.251 e. The van der Waals surface area contributed by atoms with E-state index in [1.54, 1.807) is 0 Å². The second-order valence-electron chi connectivity index (χ2n) is 8.25. The molecule has 2 fully saturated rings. The number of hydrogen-bond acceptors (Lipinski definition) is 2. The molecule has 1 N–H and O–H groups in total. The van der Waals surface area contributed by atoms with Gasteiger partial charge in [-0.1, -0.05) is 48.5 Å². The molecule has 1 atom stereocenters. The number of amides is 1. The Labute approximate surface area is 162 Å². The van der Waals surface area contributed by atoms with Crippen LogP contribution in [0.15, 0.2) is 60.7 Å². The van der Waals surface area contributed by atoms with Gasteiger partial charge in [0.1, 0.15) is 0 Å². The Kier molecular flexibility index (Phi) is 5.58. The number of carbonyl (C=O) groups excluding carboxylic acids is 1. The van der Waals surface area contributed by atoms with E-state index < -0.39 is 0 Å². The minimum atomic E-state index is 0.0675. The molecule has 0 aromatic heterocycles. The van der Waals surface area contributed by atoms with E-state index in [0.29, 0.717) is 11.3 Å². The minimum Gasteiger partial charge on any atom is -0.352 e. The molecule has 1 spiro atoms. The third-order valence-corrected chi connectivity index (χ3v) is 6.81. The van der Waals surface area contributed by atoms with Gasteiger partial charge < -0.3 is 10.2 Å². The van der Waals surface area contributed by atoms with Gasteiger partial charge in [0, 0.05) is 18.7 Å². The molecule has 1 saturated heterocycles. The van der Waals surface area contributed by atoms with Crippen molar-refractivity contribution in [2.24, 2.45) is 11.3 Å². The first-order valence-electron chi connectivity index (χ1n) is 10.3. The lowest BCUT2D eigenvalue weighted by molar-refractivity contribution is -0.0318. The van der Waals surface area contributed by atoms with Gasteiger partial charge in [0.2, 0.25) is 0 Å². The van der Waals surface area contributed by atoms with Crippen LogP contribution in [0, 0.1) is 11.3 Å². The van der Waals surface area contributed by atoms with Crippen LogP contribution in [-0.2, 0) is 6.42 Å². The quantitative estimate of drug-likeness (QED) is 0.837. The molecule has 4 rings (SSSR count). The molecular weight excluding hydrogens is 332 g/mol. The molecule has 1 saturated carbocycles. The molecule has 1 aliphatic carbocycles. The average Bonchev–Trinajstić information content (AvgIpc) is 2.73. The minimum absolute atomic E-state index is 0.0675. The zero-order valence-corrected chi connectivity index (χ0v) is 16.1. The number of nitrogens with one attached hydrogen (secondary N) is 1. The predicted molar refractivity (Wildman–Crippen MR) is 110 cm³/mol. The monoisotopic (exact) mass is 362 g/mol. The summed E-state index contributed by atoms with van der Waals surface area (Å²) in [6.45, 7) is 4.40. The number of carbonyl (C=O) groups is 1. The van der Waals surface area contributed by atoms with Crippen LogP contribution in [0.25, 0.3) is 0 Å². The highest BCUT2D eigenvalue weighted by atomic mass is 16.1. The molecule has 27 heavy (non-hydrogen) atoms. The molecule has 2 aromatic rings. The van der Waals surface area contributed by atoms with Gasteiger partial charge >= 0.3 is 0 Å². The van der Waals surface area contributed by atoms with Crippen LogP contribution < -0.4 is 5.32 Å². The fraction of sp³-hybridized carbons (Fsp3) is 0.458. The van der Waals surface area contributed by atoms with Crippen LogP contribution >= 0.6 is 0 Å². The van der Waals surface area contributed by atoms with E-state index in [2.05, 4.69) is 40.5 Å². The van der Waals surface area contributed by atoms with E-state index in [1.807, 2.05) is 30.3 Å². The summed E-state index contributed by atoms with van der Waals surface area (Å²) in [5, 5.41) is 3.18. The van der Waals surface area contributed by atoms with Gasteiger partial charge in [-0.15, -0.1) is 0 Å². The van der Waals surface area contributed by atoms with Gasteiger partial charge in [-0.2, -0.15) is 0 Å². The summed E-state index contributed by atoms with van der Waals surface area (Å²) in [4.78, 5) is 14.9. The van der Waals surface area contributed by atoms with Crippen LogP contribution in [-0.4, -0.2) is 37.0 Å². The van der Waals surface area contributed by atoms with Crippen molar-refractivity contribution in [3.63, 3.8) is 0 Å². The zero-order chi connectivity index (χ0) is 18.5. The van der Waals surface area contributed by atoms with E-state index >= 15 is 0 Å². The van der Waals surface area contributed by atoms with Crippen molar-refractivity contribution in [3.8, 4) is 0 Å². The van der Waals surface area contributed by atoms with Crippen molar-refractivity contribution in [1.29, 1.82) is 0 Å².